The van der Waals surface area contributed by atoms with Gasteiger partial charge >= 0.3 is 6.09 Å². The van der Waals surface area contributed by atoms with Crippen LogP contribution >= 0.6 is 0 Å². The van der Waals surface area contributed by atoms with E-state index in [-0.39, 0.29) is 41.1 Å². The summed E-state index contributed by atoms with van der Waals surface area (Å²) in [7, 11) is -3.93. The highest BCUT2D eigenvalue weighted by molar-refractivity contribution is 7.91. The predicted molar refractivity (Wildman–Crippen MR) is 254 cm³/mol. The molecule has 3 heterocycles. The number of nitrogens with zero attached hydrogens (tertiary/aromatic N) is 4. The summed E-state index contributed by atoms with van der Waals surface area (Å²) >= 11 is 0. The summed E-state index contributed by atoms with van der Waals surface area (Å²) < 4.78 is 60.5. The molecular weight excluding hydrogens is 852 g/mol. The highest BCUT2D eigenvalue weighted by atomic mass is 32.2. The van der Waals surface area contributed by atoms with Crippen molar-refractivity contribution in [2.24, 2.45) is 0 Å². The van der Waals surface area contributed by atoms with Crippen molar-refractivity contribution < 1.29 is 32.2 Å². The molecule has 2 aliphatic rings. The van der Waals surface area contributed by atoms with Gasteiger partial charge in [-0.1, -0.05) is 128 Å². The van der Waals surface area contributed by atoms with Crippen molar-refractivity contribution in [2.45, 2.75) is 68.7 Å². The fourth-order valence-electron chi connectivity index (χ4n) is 9.60. The zero-order chi connectivity index (χ0) is 45.7. The number of fused-ring (bicyclic) bond motifs is 2. The molecule has 10 rings (SSSR count). The third-order valence-corrected chi connectivity index (χ3v) is 14.8. The number of rotatable bonds is 13. The van der Waals surface area contributed by atoms with Gasteiger partial charge in [-0.05, 0) is 72.1 Å². The first-order valence-electron chi connectivity index (χ1n) is 22.4. The zero-order valence-corrected chi connectivity index (χ0v) is 37.7. The van der Waals surface area contributed by atoms with Crippen LogP contribution in [0.15, 0.2) is 151 Å². The lowest BCUT2D eigenvalue weighted by Gasteiger charge is -2.36. The maximum Gasteiger partial charge on any atom is 0.407 e. The van der Waals surface area contributed by atoms with Gasteiger partial charge in [0.1, 0.15) is 34.8 Å². The van der Waals surface area contributed by atoms with Crippen LogP contribution in [0.25, 0.3) is 32.9 Å². The summed E-state index contributed by atoms with van der Waals surface area (Å²) in [4.78, 5) is 18.2. The summed E-state index contributed by atoms with van der Waals surface area (Å²) in [5.74, 6) is -0.0586. The van der Waals surface area contributed by atoms with Crippen molar-refractivity contribution in [3.63, 3.8) is 0 Å². The lowest BCUT2D eigenvalue weighted by atomic mass is 9.77. The average Bonchev–Trinajstić information content (AvgIpc) is 3.94. The van der Waals surface area contributed by atoms with Crippen molar-refractivity contribution in [1.29, 1.82) is 0 Å². The fourth-order valence-corrected chi connectivity index (χ4v) is 10.4. The number of ether oxygens (including phenoxy) is 2. The van der Waals surface area contributed by atoms with E-state index in [4.69, 9.17) is 19.6 Å². The van der Waals surface area contributed by atoms with Crippen LogP contribution in [0.1, 0.15) is 78.5 Å². The molecule has 1 saturated carbocycles. The molecule has 12 heteroatoms. The first kappa shape index (κ1) is 42.9. The zero-order valence-electron chi connectivity index (χ0n) is 36.9. The first-order chi connectivity index (χ1) is 32.0. The Kier molecular flexibility index (Phi) is 11.1. The molecule has 10 nitrogen and oxygen atoms in total. The van der Waals surface area contributed by atoms with Crippen molar-refractivity contribution >= 4 is 37.7 Å². The maximum absolute atomic E-state index is 17.0. The minimum Gasteiger partial charge on any atom is -0.488 e. The summed E-state index contributed by atoms with van der Waals surface area (Å²) in [5.41, 5.74) is 5.84. The van der Waals surface area contributed by atoms with E-state index in [1.165, 1.54) is 17.0 Å². The Morgan fingerprint density at radius 2 is 1.42 bits per heavy atom. The highest BCUT2D eigenvalue weighted by Gasteiger charge is 2.41. The summed E-state index contributed by atoms with van der Waals surface area (Å²) in [6.45, 7) is 5.66. The van der Waals surface area contributed by atoms with Crippen molar-refractivity contribution in [2.75, 3.05) is 18.8 Å². The smallest absolute Gasteiger partial charge is 0.407 e. The third kappa shape index (κ3) is 7.52. The van der Waals surface area contributed by atoms with E-state index in [1.807, 2.05) is 109 Å². The number of carbonyl (C=O) groups is 1. The number of amides is 1. The molecule has 6 aromatic carbocycles. The molecule has 0 unspecified atom stereocenters. The van der Waals surface area contributed by atoms with Crippen molar-refractivity contribution in [3.8, 4) is 22.6 Å². The van der Waals surface area contributed by atoms with Crippen LogP contribution in [0.5, 0.6) is 11.5 Å². The SMILES string of the molecule is CCS(=O)(=O)c1cc(O[C@H]2CCN(C(=O)O)C2)c2cc(C3CC3)c(-c3c(C)c(F)cc4nn(C(c5ccccc5)(c5ccccc5)c5ccccc5)cc34)c(O[C@@H](C)c3ccccc3)c2n1. The van der Waals surface area contributed by atoms with Gasteiger partial charge in [0.2, 0.25) is 0 Å². The quantitative estimate of drug-likeness (QED) is 0.113. The standard InChI is InChI=1S/C54H49FN4O6S/c1-4-66(62,63)48-31-47(65-41-27-28-58(32-41)53(60)61)43-29-42(37-25-26-37)50(52(51(43)56-48)64-35(3)36-17-9-5-10-18-36)49-34(2)45(55)30-46-44(49)33-59(57-46)54(38-19-11-6-12-20-38,39-21-13-7-14-22-39)40-23-15-8-16-24-40/h5-24,29-31,33,35,37,41H,4,25-28,32H2,1-3H3,(H,60,61)/t35-,41-/m0/s1. The van der Waals surface area contributed by atoms with E-state index in [0.717, 1.165) is 40.7 Å². The van der Waals surface area contributed by atoms with Gasteiger partial charge in [-0.15, -0.1) is 0 Å². The number of halogens is 1. The Labute approximate surface area is 383 Å². The second kappa shape index (κ2) is 17.1. The van der Waals surface area contributed by atoms with E-state index < -0.39 is 39.5 Å². The molecule has 1 N–H and O–H groups in total. The van der Waals surface area contributed by atoms with Crippen molar-refractivity contribution in [1.82, 2.24) is 19.7 Å². The van der Waals surface area contributed by atoms with E-state index in [0.29, 0.717) is 45.1 Å². The number of sulfone groups is 1. The van der Waals surface area contributed by atoms with E-state index in [1.54, 1.807) is 13.8 Å². The summed E-state index contributed by atoms with van der Waals surface area (Å²) in [5, 5.41) is 16.1. The molecule has 1 aliphatic carbocycles. The lowest BCUT2D eigenvalue weighted by molar-refractivity contribution is 0.146. The Morgan fingerprint density at radius 3 is 1.97 bits per heavy atom. The molecule has 1 saturated heterocycles. The Morgan fingerprint density at radius 1 is 0.833 bits per heavy atom. The van der Waals surface area contributed by atoms with Gasteiger partial charge in [0, 0.05) is 53.2 Å². The van der Waals surface area contributed by atoms with Gasteiger partial charge in [0.25, 0.3) is 0 Å². The Hall–Kier alpha value is -7.05. The lowest BCUT2D eigenvalue weighted by Crippen LogP contribution is -2.38. The van der Waals surface area contributed by atoms with E-state index in [9.17, 15) is 18.3 Å². The Balaban J connectivity index is 1.30. The van der Waals surface area contributed by atoms with Crippen LogP contribution in [-0.4, -0.2) is 64.2 Å². The van der Waals surface area contributed by atoms with Crippen LogP contribution in [0.4, 0.5) is 9.18 Å². The van der Waals surface area contributed by atoms with Gasteiger partial charge in [0.15, 0.2) is 20.6 Å². The molecule has 334 valence electrons. The van der Waals surface area contributed by atoms with Crippen molar-refractivity contribution in [3.05, 3.63) is 185 Å². The van der Waals surface area contributed by atoms with Crippen LogP contribution in [0.2, 0.25) is 0 Å². The second-order valence-electron chi connectivity index (χ2n) is 17.3. The summed E-state index contributed by atoms with van der Waals surface area (Å²) in [6, 6.07) is 45.2. The normalized spacial score (nSPS) is 15.9. The number of likely N-dealkylation sites (tertiary alicyclic amines) is 1. The van der Waals surface area contributed by atoms with Crippen LogP contribution < -0.4 is 9.47 Å². The van der Waals surface area contributed by atoms with E-state index in [2.05, 4.69) is 36.4 Å². The topological polar surface area (TPSA) is 124 Å². The number of benzene rings is 6. The van der Waals surface area contributed by atoms with Crippen LogP contribution in [-0.2, 0) is 15.4 Å². The molecule has 2 fully saturated rings. The molecule has 66 heavy (non-hydrogen) atoms. The van der Waals surface area contributed by atoms with Gasteiger partial charge in [0.05, 0.1) is 17.8 Å². The number of pyridine rings is 1. The number of hydrogen-bond acceptors (Lipinski definition) is 7. The second-order valence-corrected chi connectivity index (χ2v) is 19.5. The molecule has 0 radical (unpaired) electrons. The molecule has 8 aromatic rings. The number of carboxylic acid groups (broad SMARTS) is 1. The monoisotopic (exact) mass is 900 g/mol. The maximum atomic E-state index is 17.0. The molecule has 0 bridgehead atoms. The molecule has 2 aromatic heterocycles. The summed E-state index contributed by atoms with van der Waals surface area (Å²) in [6.07, 6.45) is 2.02. The fraction of sp³-hybridized carbons (Fsp3) is 0.241. The molecule has 1 amide bonds. The Bertz CT molecular complexity index is 3120. The molecule has 2 atom stereocenters. The molecular formula is C54H49FN4O6S. The largest absolute Gasteiger partial charge is 0.488 e. The minimum atomic E-state index is -3.93. The van der Waals surface area contributed by atoms with E-state index >= 15 is 4.39 Å². The predicted octanol–water partition coefficient (Wildman–Crippen LogP) is 11.5. The minimum absolute atomic E-state index is 0.0597. The van der Waals surface area contributed by atoms with Crippen LogP contribution in [0, 0.1) is 12.7 Å². The molecule has 1 aliphatic heterocycles. The first-order valence-corrected chi connectivity index (χ1v) is 24.1. The van der Waals surface area contributed by atoms with Gasteiger partial charge in [-0.2, -0.15) is 5.10 Å². The average molecular weight is 901 g/mol. The van der Waals surface area contributed by atoms with Gasteiger partial charge in [-0.3, -0.25) is 4.68 Å². The van der Waals surface area contributed by atoms with Gasteiger partial charge < -0.3 is 19.5 Å². The molecule has 0 spiro atoms. The van der Waals surface area contributed by atoms with Crippen LogP contribution in [0.3, 0.4) is 0 Å². The number of hydrogen-bond donors (Lipinski definition) is 1. The highest BCUT2D eigenvalue weighted by Crippen LogP contribution is 2.54. The van der Waals surface area contributed by atoms with Gasteiger partial charge in [-0.25, -0.2) is 22.6 Å². The third-order valence-electron chi connectivity index (χ3n) is 13.2. The number of aromatic nitrogens is 3.